The predicted octanol–water partition coefficient (Wildman–Crippen LogP) is 3.30. The van der Waals surface area contributed by atoms with E-state index in [0.717, 1.165) is 6.42 Å². The van der Waals surface area contributed by atoms with Crippen molar-refractivity contribution in [3.8, 4) is 0 Å². The van der Waals surface area contributed by atoms with Crippen LogP contribution in [0.1, 0.15) is 29.3 Å². The van der Waals surface area contributed by atoms with Crippen LogP contribution in [0.2, 0.25) is 0 Å². The molecule has 126 valence electrons. The second kappa shape index (κ2) is 5.67. The molecule has 1 aliphatic carbocycles. The number of anilines is 1. The van der Waals surface area contributed by atoms with Crippen molar-refractivity contribution in [3.05, 3.63) is 64.6 Å². The number of hydrogen-bond acceptors (Lipinski definition) is 5. The lowest BCUT2D eigenvalue weighted by Gasteiger charge is -2.29. The molecule has 0 fully saturated rings. The molecule has 25 heavy (non-hydrogen) atoms. The Kier molecular flexibility index (Phi) is 3.58. The molecular formula is C19H16N2O3S. The van der Waals surface area contributed by atoms with Gasteiger partial charge in [0.05, 0.1) is 16.3 Å². The smallest absolute Gasteiger partial charge is 0.213 e. The van der Waals surface area contributed by atoms with Crippen molar-refractivity contribution in [2.75, 3.05) is 11.9 Å². The van der Waals surface area contributed by atoms with E-state index in [9.17, 15) is 13.2 Å². The second-order valence-electron chi connectivity index (χ2n) is 5.93. The number of nitrogens with one attached hydrogen (secondary N) is 1. The molecule has 0 radical (unpaired) electrons. The molecular weight excluding hydrogens is 336 g/mol. The molecule has 0 saturated carbocycles. The Labute approximate surface area is 146 Å². The van der Waals surface area contributed by atoms with Crippen molar-refractivity contribution in [1.82, 2.24) is 0 Å². The van der Waals surface area contributed by atoms with Crippen LogP contribution in [0.5, 0.6) is 0 Å². The fraction of sp³-hybridized carbons (Fsp3) is 0.158. The maximum Gasteiger partial charge on any atom is 0.213 e. The van der Waals surface area contributed by atoms with E-state index in [-0.39, 0.29) is 21.3 Å². The highest BCUT2D eigenvalue weighted by Crippen LogP contribution is 2.42. The lowest BCUT2D eigenvalue weighted by atomic mass is 9.91. The fourth-order valence-corrected chi connectivity index (χ4v) is 4.90. The van der Waals surface area contributed by atoms with Gasteiger partial charge in [-0.3, -0.25) is 9.79 Å². The third-order valence-corrected chi connectivity index (χ3v) is 6.17. The number of fused-ring (bicyclic) bond motifs is 3. The van der Waals surface area contributed by atoms with Crippen molar-refractivity contribution in [3.63, 3.8) is 0 Å². The first-order valence-corrected chi connectivity index (χ1v) is 9.58. The van der Waals surface area contributed by atoms with Crippen LogP contribution < -0.4 is 5.32 Å². The Bertz CT molecular complexity index is 1070. The largest absolute Gasteiger partial charge is 0.353 e. The summed E-state index contributed by atoms with van der Waals surface area (Å²) in [7, 11) is -3.83. The van der Waals surface area contributed by atoms with Crippen LogP contribution in [0.15, 0.2) is 63.3 Å². The minimum atomic E-state index is -3.83. The minimum absolute atomic E-state index is 0.0108. The van der Waals surface area contributed by atoms with Gasteiger partial charge in [0.15, 0.2) is 0 Å². The molecule has 5 nitrogen and oxygen atoms in total. The van der Waals surface area contributed by atoms with Crippen LogP contribution in [0, 0.1) is 0 Å². The van der Waals surface area contributed by atoms with Gasteiger partial charge in [-0.25, -0.2) is 8.42 Å². The minimum Gasteiger partial charge on any atom is -0.353 e. The molecule has 0 saturated heterocycles. The molecule has 4 rings (SSSR count). The number of Topliss-reactive ketones (excluding diaryl/α,β-unsaturated/α-hetero) is 1. The molecule has 0 unspecified atom stereocenters. The standard InChI is InChI=1S/C19H16N2O3S/c1-2-11-20-17-18(22)13-8-4-3-7-12(13)16-19(17)25(23,24)15-10-6-5-9-14(15)21-16/h3-10,21H,2,11H2,1H3. The van der Waals surface area contributed by atoms with E-state index in [0.29, 0.717) is 29.1 Å². The maximum absolute atomic E-state index is 13.2. The number of para-hydroxylation sites is 1. The first-order chi connectivity index (χ1) is 12.1. The number of aliphatic imine (C=N–C) groups is 1. The van der Waals surface area contributed by atoms with E-state index in [1.807, 2.05) is 6.92 Å². The molecule has 1 aliphatic heterocycles. The monoisotopic (exact) mass is 352 g/mol. The van der Waals surface area contributed by atoms with Gasteiger partial charge in [0.1, 0.15) is 10.6 Å². The molecule has 0 aromatic heterocycles. The molecule has 2 aromatic carbocycles. The number of benzene rings is 2. The van der Waals surface area contributed by atoms with Gasteiger partial charge in [0.2, 0.25) is 15.6 Å². The Hall–Kier alpha value is -2.73. The summed E-state index contributed by atoms with van der Waals surface area (Å²) in [5, 5.41) is 3.21. The molecule has 0 spiro atoms. The van der Waals surface area contributed by atoms with Crippen LogP contribution in [0.4, 0.5) is 5.69 Å². The molecule has 2 aliphatic rings. The van der Waals surface area contributed by atoms with Crippen molar-refractivity contribution in [2.24, 2.45) is 4.99 Å². The van der Waals surface area contributed by atoms with Crippen LogP contribution in [0.3, 0.4) is 0 Å². The van der Waals surface area contributed by atoms with E-state index in [1.165, 1.54) is 0 Å². The third-order valence-electron chi connectivity index (χ3n) is 4.30. The number of rotatable bonds is 2. The highest BCUT2D eigenvalue weighted by atomic mass is 32.2. The lowest BCUT2D eigenvalue weighted by molar-refractivity contribution is 0.106. The Morgan fingerprint density at radius 2 is 1.68 bits per heavy atom. The highest BCUT2D eigenvalue weighted by Gasteiger charge is 2.42. The van der Waals surface area contributed by atoms with Gasteiger partial charge in [-0.15, -0.1) is 0 Å². The van der Waals surface area contributed by atoms with E-state index in [1.54, 1.807) is 48.5 Å². The second-order valence-corrected chi connectivity index (χ2v) is 7.79. The third kappa shape index (κ3) is 2.25. The van der Waals surface area contributed by atoms with Gasteiger partial charge in [-0.1, -0.05) is 43.3 Å². The van der Waals surface area contributed by atoms with Gasteiger partial charge < -0.3 is 5.32 Å². The Morgan fingerprint density at radius 1 is 1.00 bits per heavy atom. The lowest BCUT2D eigenvalue weighted by Crippen LogP contribution is -2.33. The van der Waals surface area contributed by atoms with Crippen LogP contribution in [-0.4, -0.2) is 26.5 Å². The summed E-state index contributed by atoms with van der Waals surface area (Å²) in [6, 6.07) is 13.7. The molecule has 0 atom stereocenters. The van der Waals surface area contributed by atoms with E-state index < -0.39 is 9.84 Å². The summed E-state index contributed by atoms with van der Waals surface area (Å²) in [6.45, 7) is 2.33. The number of carbonyl (C=O) groups is 1. The van der Waals surface area contributed by atoms with Crippen LogP contribution in [0.25, 0.3) is 5.70 Å². The highest BCUT2D eigenvalue weighted by molar-refractivity contribution is 7.97. The molecule has 0 amide bonds. The summed E-state index contributed by atoms with van der Waals surface area (Å²) < 4.78 is 26.5. The average Bonchev–Trinajstić information content (AvgIpc) is 2.62. The van der Waals surface area contributed by atoms with Gasteiger partial charge in [-0.05, 0) is 18.6 Å². The molecule has 0 bridgehead atoms. The average molecular weight is 352 g/mol. The SMILES string of the molecule is CCCN=C1C(=O)c2ccccc2C2=C1S(=O)(=O)c1ccccc1N2. The van der Waals surface area contributed by atoms with Gasteiger partial charge in [0.25, 0.3) is 0 Å². The normalized spacial score (nSPS) is 19.1. The Morgan fingerprint density at radius 3 is 2.44 bits per heavy atom. The predicted molar refractivity (Wildman–Crippen MR) is 97.5 cm³/mol. The number of nitrogens with zero attached hydrogens (tertiary/aromatic N) is 1. The summed E-state index contributed by atoms with van der Waals surface area (Å²) >= 11 is 0. The number of hydrogen-bond donors (Lipinski definition) is 1. The van der Waals surface area contributed by atoms with Gasteiger partial charge in [-0.2, -0.15) is 0 Å². The topological polar surface area (TPSA) is 75.6 Å². The first kappa shape index (κ1) is 15.8. The summed E-state index contributed by atoms with van der Waals surface area (Å²) in [5.41, 5.74) is 2.04. The van der Waals surface area contributed by atoms with Crippen molar-refractivity contribution >= 4 is 32.7 Å². The zero-order chi connectivity index (χ0) is 17.6. The molecule has 6 heteroatoms. The summed E-state index contributed by atoms with van der Waals surface area (Å²) in [4.78, 5) is 17.4. The molecule has 1 N–H and O–H groups in total. The van der Waals surface area contributed by atoms with Crippen molar-refractivity contribution in [2.45, 2.75) is 18.2 Å². The van der Waals surface area contributed by atoms with Gasteiger partial charge in [0, 0.05) is 17.7 Å². The number of sulfone groups is 1. The van der Waals surface area contributed by atoms with E-state index in [2.05, 4.69) is 10.3 Å². The van der Waals surface area contributed by atoms with Crippen molar-refractivity contribution < 1.29 is 13.2 Å². The quantitative estimate of drug-likeness (QED) is 0.900. The van der Waals surface area contributed by atoms with Gasteiger partial charge >= 0.3 is 0 Å². The molecule has 1 heterocycles. The van der Waals surface area contributed by atoms with E-state index >= 15 is 0 Å². The zero-order valence-corrected chi connectivity index (χ0v) is 14.4. The summed E-state index contributed by atoms with van der Waals surface area (Å²) in [5.74, 6) is -0.340. The number of ketones is 1. The van der Waals surface area contributed by atoms with Crippen molar-refractivity contribution in [1.29, 1.82) is 0 Å². The first-order valence-electron chi connectivity index (χ1n) is 8.10. The summed E-state index contributed by atoms with van der Waals surface area (Å²) in [6.07, 6.45) is 0.727. The van der Waals surface area contributed by atoms with Crippen LogP contribution >= 0.6 is 0 Å². The molecule has 2 aromatic rings. The number of allylic oxidation sites excluding steroid dienone is 1. The van der Waals surface area contributed by atoms with Crippen LogP contribution in [-0.2, 0) is 9.84 Å². The maximum atomic E-state index is 13.2. The fourth-order valence-electron chi connectivity index (χ4n) is 3.17. The van der Waals surface area contributed by atoms with E-state index in [4.69, 9.17) is 0 Å². The number of carbonyl (C=O) groups excluding carboxylic acids is 1. The Balaban J connectivity index is 2.07. The zero-order valence-electron chi connectivity index (χ0n) is 13.6.